The molecule has 0 aliphatic carbocycles. The number of rotatable bonds is 37. The second-order valence-electron chi connectivity index (χ2n) is 15.4. The van der Waals surface area contributed by atoms with E-state index in [4.69, 9.17) is 4.74 Å². The first-order valence-electron chi connectivity index (χ1n) is 21.5. The fourth-order valence-corrected chi connectivity index (χ4v) is 6.25. The number of carbonyl (C=O) groups excluding carboxylic acids is 1. The molecule has 0 rings (SSSR count). The van der Waals surface area contributed by atoms with E-state index in [0.717, 1.165) is 36.8 Å². The number of nitrogens with zero attached hydrogens (tertiary/aromatic N) is 1. The molecule has 0 aromatic heterocycles. The van der Waals surface area contributed by atoms with Crippen molar-refractivity contribution >= 4 is 5.97 Å². The van der Waals surface area contributed by atoms with Crippen molar-refractivity contribution in [3.05, 3.63) is 48.6 Å². The van der Waals surface area contributed by atoms with Crippen molar-refractivity contribution in [1.29, 1.82) is 0 Å². The summed E-state index contributed by atoms with van der Waals surface area (Å²) >= 11 is 0. The number of carbonyl (C=O) groups is 1. The third kappa shape index (κ3) is 37.5. The maximum absolute atomic E-state index is 12.5. The van der Waals surface area contributed by atoms with E-state index in [-0.39, 0.29) is 5.97 Å². The molecule has 3 heteroatoms. The topological polar surface area (TPSA) is 26.3 Å². The third-order valence-corrected chi connectivity index (χ3v) is 10.1. The number of unbranched alkanes of at least 4 members (excludes halogenated alkanes) is 18. The molecule has 0 aromatic carbocycles. The zero-order valence-corrected chi connectivity index (χ0v) is 33.9. The second-order valence-corrected chi connectivity index (χ2v) is 15.4. The summed E-state index contributed by atoms with van der Waals surface area (Å²) in [4.78, 5) is 12.5. The monoisotopic (exact) mass is 685 g/mol. The quantitative estimate of drug-likeness (QED) is 0.0282. The molecule has 0 aliphatic heterocycles. The van der Waals surface area contributed by atoms with Crippen molar-refractivity contribution in [3.8, 4) is 0 Å². The van der Waals surface area contributed by atoms with Crippen LogP contribution in [0, 0.1) is 5.92 Å². The van der Waals surface area contributed by atoms with E-state index in [1.807, 2.05) is 0 Å². The smallest absolute Gasteiger partial charge is 0.306 e. The molecule has 0 amide bonds. The lowest BCUT2D eigenvalue weighted by Gasteiger charge is -2.27. The zero-order valence-electron chi connectivity index (χ0n) is 33.9. The molecule has 0 saturated carbocycles. The summed E-state index contributed by atoms with van der Waals surface area (Å²) in [6, 6.07) is 0. The van der Waals surface area contributed by atoms with Crippen LogP contribution in [-0.2, 0) is 9.53 Å². The first-order valence-corrected chi connectivity index (χ1v) is 21.5. The van der Waals surface area contributed by atoms with Crippen molar-refractivity contribution in [2.45, 2.75) is 201 Å². The highest BCUT2D eigenvalue weighted by Crippen LogP contribution is 2.21. The molecule has 0 N–H and O–H groups in total. The Hall–Kier alpha value is -1.61. The minimum Gasteiger partial charge on any atom is -0.465 e. The van der Waals surface area contributed by atoms with Gasteiger partial charge in [0.15, 0.2) is 0 Å². The molecule has 0 radical (unpaired) electrons. The molecular formula is C46H86NO2+. The largest absolute Gasteiger partial charge is 0.465 e. The van der Waals surface area contributed by atoms with E-state index in [1.165, 1.54) is 154 Å². The van der Waals surface area contributed by atoms with Gasteiger partial charge in [-0.1, -0.05) is 152 Å². The van der Waals surface area contributed by atoms with Gasteiger partial charge in [0.2, 0.25) is 0 Å². The lowest BCUT2D eigenvalue weighted by atomic mass is 9.94. The zero-order chi connectivity index (χ0) is 35.9. The Kier molecular flexibility index (Phi) is 36.4. The first kappa shape index (κ1) is 47.4. The van der Waals surface area contributed by atoms with E-state index in [2.05, 4.69) is 83.5 Å². The van der Waals surface area contributed by atoms with E-state index in [0.29, 0.717) is 18.9 Å². The van der Waals surface area contributed by atoms with Gasteiger partial charge in [-0.15, -0.1) is 0 Å². The van der Waals surface area contributed by atoms with E-state index in [9.17, 15) is 4.79 Å². The van der Waals surface area contributed by atoms with Crippen LogP contribution in [0.1, 0.15) is 201 Å². The number of ether oxygens (including phenoxy) is 1. The summed E-state index contributed by atoms with van der Waals surface area (Å²) < 4.78 is 6.81. The molecule has 0 aromatic rings. The van der Waals surface area contributed by atoms with Crippen molar-refractivity contribution in [2.75, 3.05) is 33.8 Å². The molecule has 0 saturated heterocycles. The molecule has 0 heterocycles. The van der Waals surface area contributed by atoms with E-state index < -0.39 is 0 Å². The molecule has 0 bridgehead atoms. The fourth-order valence-electron chi connectivity index (χ4n) is 6.25. The van der Waals surface area contributed by atoms with Crippen LogP contribution >= 0.6 is 0 Å². The van der Waals surface area contributed by atoms with E-state index in [1.54, 1.807) is 0 Å². The van der Waals surface area contributed by atoms with Crippen molar-refractivity contribution in [2.24, 2.45) is 5.92 Å². The van der Waals surface area contributed by atoms with Crippen LogP contribution in [0.4, 0.5) is 0 Å². The second kappa shape index (κ2) is 37.6. The Labute approximate surface area is 308 Å². The van der Waals surface area contributed by atoms with Gasteiger partial charge >= 0.3 is 5.97 Å². The summed E-state index contributed by atoms with van der Waals surface area (Å²) in [5, 5.41) is 0. The average Bonchev–Trinajstić information content (AvgIpc) is 3.09. The Morgan fingerprint density at radius 1 is 0.510 bits per heavy atom. The van der Waals surface area contributed by atoms with Gasteiger partial charge in [-0.3, -0.25) is 4.79 Å². The minimum atomic E-state index is 0.00944. The SMILES string of the molecule is CCCCC/C=C\C/C=C\CCCCCCCCC(CCCCCCCC/C=C\C/C=C\CCCCC)COC(=O)CCC[N+](C)(C)CC. The van der Waals surface area contributed by atoms with Gasteiger partial charge in [0.25, 0.3) is 0 Å². The van der Waals surface area contributed by atoms with Crippen LogP contribution in [0.25, 0.3) is 0 Å². The fraction of sp³-hybridized carbons (Fsp3) is 0.804. The van der Waals surface area contributed by atoms with Crippen LogP contribution in [0.3, 0.4) is 0 Å². The number of quaternary nitrogens is 1. The van der Waals surface area contributed by atoms with Crippen LogP contribution in [0.2, 0.25) is 0 Å². The molecule has 286 valence electrons. The highest BCUT2D eigenvalue weighted by Gasteiger charge is 2.15. The summed E-state index contributed by atoms with van der Waals surface area (Å²) in [7, 11) is 4.47. The lowest BCUT2D eigenvalue weighted by molar-refractivity contribution is -0.888. The van der Waals surface area contributed by atoms with Crippen LogP contribution in [-0.4, -0.2) is 44.2 Å². The highest BCUT2D eigenvalue weighted by atomic mass is 16.5. The molecule has 0 spiro atoms. The molecule has 0 fully saturated rings. The predicted octanol–water partition coefficient (Wildman–Crippen LogP) is 14.4. The van der Waals surface area contributed by atoms with Gasteiger partial charge in [0.1, 0.15) is 0 Å². The number of hydrogen-bond donors (Lipinski definition) is 0. The van der Waals surface area contributed by atoms with Crippen molar-refractivity contribution in [1.82, 2.24) is 0 Å². The molecule has 0 aliphatic rings. The Morgan fingerprint density at radius 3 is 1.31 bits per heavy atom. The van der Waals surface area contributed by atoms with Gasteiger partial charge in [-0.05, 0) is 89.9 Å². The van der Waals surface area contributed by atoms with Gasteiger partial charge < -0.3 is 9.22 Å². The average molecular weight is 685 g/mol. The normalized spacial score (nSPS) is 12.6. The standard InChI is InChI=1S/C46H86NO2/c1-6-9-11-13-15-17-19-21-23-25-27-29-31-33-35-37-40-45(44-49-46(48)42-39-43-47(4,5)8-3)41-38-36-34-32-30-28-26-24-22-20-18-16-14-12-10-7-2/h15-18,21-24,45H,6-14,19-20,25-44H2,1-5H3/q+1/b17-15-,18-16-,23-21-,24-22-. The van der Waals surface area contributed by atoms with Gasteiger partial charge in [-0.2, -0.15) is 0 Å². The maximum Gasteiger partial charge on any atom is 0.306 e. The first-order chi connectivity index (χ1) is 23.9. The van der Waals surface area contributed by atoms with Gasteiger partial charge in [0.05, 0.1) is 40.2 Å². The Balaban J connectivity index is 4.16. The van der Waals surface area contributed by atoms with Crippen LogP contribution < -0.4 is 0 Å². The van der Waals surface area contributed by atoms with Gasteiger partial charge in [0, 0.05) is 6.42 Å². The third-order valence-electron chi connectivity index (χ3n) is 10.1. The van der Waals surface area contributed by atoms with Gasteiger partial charge in [-0.25, -0.2) is 0 Å². The Bertz CT molecular complexity index is 760. The molecule has 3 nitrogen and oxygen atoms in total. The summed E-state index contributed by atoms with van der Waals surface area (Å²) in [6.07, 6.45) is 53.6. The summed E-state index contributed by atoms with van der Waals surface area (Å²) in [5.74, 6) is 0.540. The van der Waals surface area contributed by atoms with Crippen molar-refractivity contribution < 1.29 is 14.0 Å². The predicted molar refractivity (Wildman–Crippen MR) is 219 cm³/mol. The number of allylic oxidation sites excluding steroid dienone is 8. The molecule has 49 heavy (non-hydrogen) atoms. The highest BCUT2D eigenvalue weighted by molar-refractivity contribution is 5.69. The molecule has 0 atom stereocenters. The van der Waals surface area contributed by atoms with Crippen LogP contribution in [0.5, 0.6) is 0 Å². The Morgan fingerprint density at radius 2 is 0.898 bits per heavy atom. The summed E-state index contributed by atoms with van der Waals surface area (Å²) in [5.41, 5.74) is 0. The minimum absolute atomic E-state index is 0.00944. The molecule has 0 unspecified atom stereocenters. The maximum atomic E-state index is 12.5. The van der Waals surface area contributed by atoms with E-state index >= 15 is 0 Å². The summed E-state index contributed by atoms with van der Waals surface area (Å²) in [6.45, 7) is 9.51. The lowest BCUT2D eigenvalue weighted by Crippen LogP contribution is -2.40. The van der Waals surface area contributed by atoms with Crippen molar-refractivity contribution in [3.63, 3.8) is 0 Å². The number of esters is 1. The van der Waals surface area contributed by atoms with Crippen LogP contribution in [0.15, 0.2) is 48.6 Å². The molecular weight excluding hydrogens is 599 g/mol. The number of hydrogen-bond acceptors (Lipinski definition) is 2.